The molecule has 0 saturated heterocycles. The molecule has 0 N–H and O–H groups in total. The molecule has 0 amide bonds. The standard InChI is InChI=1S/C65H42N4/c1-5-16-43(17-6-1)45-28-34-48(35-29-45)59-42-60(49-36-30-46(31-37-49)44-18-7-2-8-19-44)67-65(66-59)51-38-32-47(33-39-51)53-25-15-26-55-56-41-62-57(40-58(56)63(68-64(53)55)50-20-9-3-10-21-50)54-24-13-14-27-61(54)69(62)52-22-11-4-12-23-52/h1-42H. The predicted molar refractivity (Wildman–Crippen MR) is 287 cm³/mol. The zero-order valence-electron chi connectivity index (χ0n) is 37.5. The van der Waals surface area contributed by atoms with Gasteiger partial charge in [0, 0.05) is 55.0 Å². The topological polar surface area (TPSA) is 43.6 Å². The second kappa shape index (κ2) is 16.9. The molecule has 0 atom stereocenters. The van der Waals surface area contributed by atoms with Gasteiger partial charge >= 0.3 is 0 Å². The van der Waals surface area contributed by atoms with Crippen LogP contribution in [0.2, 0.25) is 0 Å². The van der Waals surface area contributed by atoms with Crippen LogP contribution < -0.4 is 0 Å². The molecule has 69 heavy (non-hydrogen) atoms. The third-order valence-corrected chi connectivity index (χ3v) is 13.4. The van der Waals surface area contributed by atoms with Crippen LogP contribution in [-0.2, 0) is 0 Å². The summed E-state index contributed by atoms with van der Waals surface area (Å²) < 4.78 is 2.39. The summed E-state index contributed by atoms with van der Waals surface area (Å²) >= 11 is 0. The Morgan fingerprint density at radius 1 is 0.261 bits per heavy atom. The van der Waals surface area contributed by atoms with Crippen LogP contribution in [0.1, 0.15) is 0 Å². The van der Waals surface area contributed by atoms with Gasteiger partial charge in [-0.25, -0.2) is 15.0 Å². The van der Waals surface area contributed by atoms with Crippen molar-refractivity contribution >= 4 is 43.5 Å². The van der Waals surface area contributed by atoms with E-state index in [1.54, 1.807) is 0 Å². The number of nitrogens with zero attached hydrogens (tertiary/aromatic N) is 4. The van der Waals surface area contributed by atoms with Gasteiger partial charge in [-0.2, -0.15) is 0 Å². The number of hydrogen-bond donors (Lipinski definition) is 0. The Hall–Kier alpha value is -9.25. The highest BCUT2D eigenvalue weighted by Gasteiger charge is 2.20. The molecule has 4 nitrogen and oxygen atoms in total. The molecular weight excluding hydrogens is 837 g/mol. The van der Waals surface area contributed by atoms with Crippen molar-refractivity contribution in [2.24, 2.45) is 0 Å². The fourth-order valence-corrected chi connectivity index (χ4v) is 9.99. The first-order valence-electron chi connectivity index (χ1n) is 23.4. The van der Waals surface area contributed by atoms with Crippen molar-refractivity contribution in [1.82, 2.24) is 19.5 Å². The molecule has 0 bridgehead atoms. The number of benzene rings is 10. The molecular formula is C65H42N4. The second-order valence-electron chi connectivity index (χ2n) is 17.6. The van der Waals surface area contributed by atoms with Crippen molar-refractivity contribution < 1.29 is 0 Å². The fraction of sp³-hybridized carbons (Fsp3) is 0. The zero-order chi connectivity index (χ0) is 45.7. The summed E-state index contributed by atoms with van der Waals surface area (Å²) in [5.41, 5.74) is 18.0. The van der Waals surface area contributed by atoms with Gasteiger partial charge in [0.05, 0.1) is 33.6 Å². The molecule has 4 heteroatoms. The van der Waals surface area contributed by atoms with E-state index < -0.39 is 0 Å². The summed E-state index contributed by atoms with van der Waals surface area (Å²) in [7, 11) is 0. The molecule has 0 spiro atoms. The van der Waals surface area contributed by atoms with Crippen molar-refractivity contribution in [2.75, 3.05) is 0 Å². The quantitative estimate of drug-likeness (QED) is 0.143. The Kier molecular flexibility index (Phi) is 9.80. The maximum atomic E-state index is 5.59. The van der Waals surface area contributed by atoms with Crippen LogP contribution in [0.3, 0.4) is 0 Å². The number of hydrogen-bond acceptors (Lipinski definition) is 3. The fourth-order valence-electron chi connectivity index (χ4n) is 9.99. The molecule has 3 aromatic heterocycles. The Balaban J connectivity index is 0.946. The van der Waals surface area contributed by atoms with Gasteiger partial charge in [-0.3, -0.25) is 0 Å². The number of para-hydroxylation sites is 3. The number of pyridine rings is 1. The van der Waals surface area contributed by atoms with Crippen LogP contribution in [0.4, 0.5) is 0 Å². The van der Waals surface area contributed by atoms with Gasteiger partial charge in [0.2, 0.25) is 0 Å². The van der Waals surface area contributed by atoms with Crippen LogP contribution in [0, 0.1) is 0 Å². The normalized spacial score (nSPS) is 11.5. The first-order valence-corrected chi connectivity index (χ1v) is 23.4. The van der Waals surface area contributed by atoms with E-state index in [9.17, 15) is 0 Å². The van der Waals surface area contributed by atoms with E-state index in [4.69, 9.17) is 15.0 Å². The maximum absolute atomic E-state index is 5.59. The summed E-state index contributed by atoms with van der Waals surface area (Å²) in [6, 6.07) is 90.4. The number of aromatic nitrogens is 4. The lowest BCUT2D eigenvalue weighted by Crippen LogP contribution is -1.96. The molecule has 0 aliphatic rings. The Morgan fingerprint density at radius 3 is 1.35 bits per heavy atom. The summed E-state index contributed by atoms with van der Waals surface area (Å²) in [5.74, 6) is 0.666. The van der Waals surface area contributed by atoms with Crippen LogP contribution in [0.15, 0.2) is 255 Å². The Morgan fingerprint density at radius 2 is 0.739 bits per heavy atom. The predicted octanol–water partition coefficient (Wildman–Crippen LogP) is 16.9. The van der Waals surface area contributed by atoms with E-state index in [2.05, 4.69) is 247 Å². The van der Waals surface area contributed by atoms with E-state index in [0.717, 1.165) is 94.5 Å². The monoisotopic (exact) mass is 878 g/mol. The minimum atomic E-state index is 0.666. The third-order valence-electron chi connectivity index (χ3n) is 13.4. The lowest BCUT2D eigenvalue weighted by molar-refractivity contribution is 1.18. The molecule has 13 aromatic rings. The number of fused-ring (bicyclic) bond motifs is 6. The Bertz CT molecular complexity index is 3900. The van der Waals surface area contributed by atoms with Gasteiger partial charge in [0.25, 0.3) is 0 Å². The van der Waals surface area contributed by atoms with Crippen LogP contribution in [0.5, 0.6) is 0 Å². The summed E-state index contributed by atoms with van der Waals surface area (Å²) in [5, 5.41) is 5.82. The van der Waals surface area contributed by atoms with Crippen molar-refractivity contribution in [3.05, 3.63) is 255 Å². The van der Waals surface area contributed by atoms with Crippen LogP contribution in [-0.4, -0.2) is 19.5 Å². The SMILES string of the molecule is c1ccc(-c2ccc(-c3cc(-c4ccc(-c5ccccc5)cc4)nc(-c4ccc(-c5cccc6c5nc(-c5ccccc5)c5cc7c8ccccc8n(-c8ccccc8)c7cc56)cc4)n3)cc2)cc1. The van der Waals surface area contributed by atoms with E-state index in [1.165, 1.54) is 27.4 Å². The average Bonchev–Trinajstić information content (AvgIpc) is 3.76. The smallest absolute Gasteiger partial charge is 0.160 e. The lowest BCUT2D eigenvalue weighted by atomic mass is 9.94. The molecule has 0 fully saturated rings. The molecule has 0 saturated carbocycles. The van der Waals surface area contributed by atoms with Crippen LogP contribution in [0.25, 0.3) is 128 Å². The summed E-state index contributed by atoms with van der Waals surface area (Å²) in [4.78, 5) is 16.1. The highest BCUT2D eigenvalue weighted by atomic mass is 15.0. The highest BCUT2D eigenvalue weighted by molar-refractivity contribution is 6.21. The summed E-state index contributed by atoms with van der Waals surface area (Å²) in [6.07, 6.45) is 0. The molecule has 13 rings (SSSR count). The van der Waals surface area contributed by atoms with Gasteiger partial charge in [0.1, 0.15) is 0 Å². The molecule has 10 aromatic carbocycles. The van der Waals surface area contributed by atoms with Gasteiger partial charge in [-0.15, -0.1) is 0 Å². The van der Waals surface area contributed by atoms with E-state index >= 15 is 0 Å². The van der Waals surface area contributed by atoms with Gasteiger partial charge in [-0.05, 0) is 69.6 Å². The molecule has 0 unspecified atom stereocenters. The van der Waals surface area contributed by atoms with Gasteiger partial charge in [0.15, 0.2) is 5.82 Å². The number of rotatable bonds is 8. The molecule has 0 aliphatic carbocycles. The molecule has 3 heterocycles. The zero-order valence-corrected chi connectivity index (χ0v) is 37.5. The van der Waals surface area contributed by atoms with E-state index in [1.807, 2.05) is 12.1 Å². The van der Waals surface area contributed by atoms with E-state index in [0.29, 0.717) is 5.82 Å². The first kappa shape index (κ1) is 40.1. The van der Waals surface area contributed by atoms with Crippen molar-refractivity contribution in [2.45, 2.75) is 0 Å². The molecule has 0 radical (unpaired) electrons. The molecule has 322 valence electrons. The van der Waals surface area contributed by atoms with Crippen LogP contribution >= 0.6 is 0 Å². The highest BCUT2D eigenvalue weighted by Crippen LogP contribution is 2.42. The lowest BCUT2D eigenvalue weighted by Gasteiger charge is -2.15. The van der Waals surface area contributed by atoms with Crippen molar-refractivity contribution in [3.63, 3.8) is 0 Å². The van der Waals surface area contributed by atoms with E-state index in [-0.39, 0.29) is 0 Å². The molecule has 0 aliphatic heterocycles. The third kappa shape index (κ3) is 7.23. The van der Waals surface area contributed by atoms with Gasteiger partial charge < -0.3 is 4.57 Å². The largest absolute Gasteiger partial charge is 0.309 e. The minimum absolute atomic E-state index is 0.666. The first-order chi connectivity index (χ1) is 34.2. The van der Waals surface area contributed by atoms with Gasteiger partial charge in [-0.1, -0.05) is 218 Å². The minimum Gasteiger partial charge on any atom is -0.309 e. The Labute approximate surface area is 400 Å². The maximum Gasteiger partial charge on any atom is 0.160 e. The summed E-state index contributed by atoms with van der Waals surface area (Å²) in [6.45, 7) is 0. The average molecular weight is 879 g/mol. The second-order valence-corrected chi connectivity index (χ2v) is 17.6. The van der Waals surface area contributed by atoms with Crippen molar-refractivity contribution in [1.29, 1.82) is 0 Å². The van der Waals surface area contributed by atoms with Crippen molar-refractivity contribution in [3.8, 4) is 84.2 Å².